The average molecular weight is 272 g/mol. The van der Waals surface area contributed by atoms with Crippen molar-refractivity contribution in [2.24, 2.45) is 0 Å². The molecular weight excluding hydrogens is 254 g/mol. The molecule has 0 aromatic heterocycles. The van der Waals surface area contributed by atoms with Gasteiger partial charge in [-0.1, -0.05) is 11.6 Å². The molecule has 0 bridgehead atoms. The first-order valence-corrected chi connectivity index (χ1v) is 6.32. The van der Waals surface area contributed by atoms with Crippen molar-refractivity contribution in [1.82, 2.24) is 5.32 Å². The second-order valence-electron chi connectivity index (χ2n) is 4.19. The number of nitrogens with one attached hydrogen (secondary N) is 1. The van der Waals surface area contributed by atoms with Crippen molar-refractivity contribution in [2.75, 3.05) is 27.9 Å². The van der Waals surface area contributed by atoms with Crippen LogP contribution in [-0.4, -0.2) is 27.9 Å². The van der Waals surface area contributed by atoms with Gasteiger partial charge < -0.3 is 19.5 Å². The molecule has 1 N–H and O–H groups in total. The predicted octanol–water partition coefficient (Wildman–Crippen LogP) is 2.79. The third kappa shape index (κ3) is 2.22. The van der Waals surface area contributed by atoms with Gasteiger partial charge >= 0.3 is 0 Å². The molecule has 1 unspecified atom stereocenters. The van der Waals surface area contributed by atoms with Crippen LogP contribution >= 0.6 is 11.6 Å². The quantitative estimate of drug-likeness (QED) is 0.914. The second kappa shape index (κ2) is 5.67. The molecule has 1 aliphatic rings. The molecule has 1 heterocycles. The summed E-state index contributed by atoms with van der Waals surface area (Å²) >= 11 is 6.43. The maximum Gasteiger partial charge on any atom is 0.180 e. The van der Waals surface area contributed by atoms with Gasteiger partial charge in [0, 0.05) is 17.7 Å². The minimum absolute atomic E-state index is 0.215. The highest BCUT2D eigenvalue weighted by Crippen LogP contribution is 2.46. The number of methoxy groups -OCH3 is 3. The summed E-state index contributed by atoms with van der Waals surface area (Å²) in [5, 5.41) is 3.98. The third-order valence-corrected chi connectivity index (χ3v) is 3.62. The molecule has 2 rings (SSSR count). The molecule has 0 saturated carbocycles. The third-order valence-electron chi connectivity index (χ3n) is 3.24. The number of hydrogen-bond acceptors (Lipinski definition) is 4. The van der Waals surface area contributed by atoms with E-state index in [1.807, 2.05) is 6.07 Å². The van der Waals surface area contributed by atoms with E-state index in [1.54, 1.807) is 21.3 Å². The minimum Gasteiger partial charge on any atom is -0.496 e. The second-order valence-corrected chi connectivity index (χ2v) is 4.57. The Morgan fingerprint density at radius 3 is 2.39 bits per heavy atom. The van der Waals surface area contributed by atoms with Crippen LogP contribution in [-0.2, 0) is 0 Å². The number of rotatable bonds is 4. The van der Waals surface area contributed by atoms with Gasteiger partial charge in [0.2, 0.25) is 0 Å². The van der Waals surface area contributed by atoms with Crippen molar-refractivity contribution in [3.8, 4) is 17.2 Å². The monoisotopic (exact) mass is 271 g/mol. The van der Waals surface area contributed by atoms with Gasteiger partial charge in [-0.2, -0.15) is 0 Å². The Labute approximate surface area is 112 Å². The van der Waals surface area contributed by atoms with E-state index in [0.717, 1.165) is 30.7 Å². The summed E-state index contributed by atoms with van der Waals surface area (Å²) in [6.07, 6.45) is 2.18. The van der Waals surface area contributed by atoms with E-state index in [9.17, 15) is 0 Å². The molecule has 0 radical (unpaired) electrons. The van der Waals surface area contributed by atoms with E-state index in [0.29, 0.717) is 16.5 Å². The first-order valence-electron chi connectivity index (χ1n) is 5.94. The van der Waals surface area contributed by atoms with Crippen LogP contribution in [0.4, 0.5) is 0 Å². The summed E-state index contributed by atoms with van der Waals surface area (Å²) in [6, 6.07) is 2.03. The van der Waals surface area contributed by atoms with Gasteiger partial charge in [-0.25, -0.2) is 0 Å². The topological polar surface area (TPSA) is 39.7 Å². The van der Waals surface area contributed by atoms with Crippen molar-refractivity contribution in [2.45, 2.75) is 18.9 Å². The lowest BCUT2D eigenvalue weighted by molar-refractivity contribution is 0.346. The van der Waals surface area contributed by atoms with E-state index in [-0.39, 0.29) is 6.04 Å². The van der Waals surface area contributed by atoms with Crippen molar-refractivity contribution in [3.05, 3.63) is 16.7 Å². The smallest absolute Gasteiger partial charge is 0.180 e. The lowest BCUT2D eigenvalue weighted by atomic mass is 10.0. The van der Waals surface area contributed by atoms with Gasteiger partial charge in [0.1, 0.15) is 5.75 Å². The van der Waals surface area contributed by atoms with Crippen LogP contribution in [0.2, 0.25) is 5.02 Å². The van der Waals surface area contributed by atoms with E-state index < -0.39 is 0 Å². The maximum absolute atomic E-state index is 6.43. The van der Waals surface area contributed by atoms with Crippen molar-refractivity contribution >= 4 is 11.6 Å². The summed E-state index contributed by atoms with van der Waals surface area (Å²) in [4.78, 5) is 0. The molecule has 18 heavy (non-hydrogen) atoms. The summed E-state index contributed by atoms with van der Waals surface area (Å²) in [5.74, 6) is 1.88. The first kappa shape index (κ1) is 13.3. The molecule has 0 aliphatic carbocycles. The van der Waals surface area contributed by atoms with E-state index in [4.69, 9.17) is 25.8 Å². The van der Waals surface area contributed by atoms with Crippen LogP contribution in [0, 0.1) is 0 Å². The molecular formula is C13H18ClNO3. The summed E-state index contributed by atoms with van der Waals surface area (Å²) in [5.41, 5.74) is 0.953. The molecule has 1 aliphatic heterocycles. The Kier molecular flexibility index (Phi) is 4.19. The van der Waals surface area contributed by atoms with E-state index in [1.165, 1.54) is 0 Å². The molecule has 0 spiro atoms. The fourth-order valence-electron chi connectivity index (χ4n) is 2.37. The van der Waals surface area contributed by atoms with Crippen LogP contribution in [0.1, 0.15) is 24.4 Å². The van der Waals surface area contributed by atoms with Crippen LogP contribution < -0.4 is 19.5 Å². The number of hydrogen-bond donors (Lipinski definition) is 1. The molecule has 0 amide bonds. The van der Waals surface area contributed by atoms with Gasteiger partial charge in [0.15, 0.2) is 11.5 Å². The number of benzene rings is 1. The highest BCUT2D eigenvalue weighted by molar-refractivity contribution is 6.33. The molecule has 100 valence electrons. The molecule has 5 heteroatoms. The Morgan fingerprint density at radius 2 is 1.89 bits per heavy atom. The molecule has 1 aromatic carbocycles. The summed E-state index contributed by atoms with van der Waals surface area (Å²) < 4.78 is 16.0. The van der Waals surface area contributed by atoms with Gasteiger partial charge in [0.25, 0.3) is 0 Å². The number of halogens is 1. The standard InChI is InChI=1S/C13H18ClNO3/c1-16-9-7-10(17-2)13(18-3)12(14)11(9)8-5-4-6-15-8/h7-8,15H,4-6H2,1-3H3. The first-order chi connectivity index (χ1) is 8.72. The van der Waals surface area contributed by atoms with Gasteiger partial charge in [-0.3, -0.25) is 0 Å². The zero-order valence-corrected chi connectivity index (χ0v) is 11.6. The van der Waals surface area contributed by atoms with Crippen LogP contribution in [0.15, 0.2) is 6.07 Å². The predicted molar refractivity (Wildman–Crippen MR) is 71.1 cm³/mol. The maximum atomic E-state index is 6.43. The summed E-state index contributed by atoms with van der Waals surface area (Å²) in [6.45, 7) is 0.999. The summed E-state index contributed by atoms with van der Waals surface area (Å²) in [7, 11) is 4.80. The zero-order valence-electron chi connectivity index (χ0n) is 10.9. The average Bonchev–Trinajstić information content (AvgIpc) is 2.90. The van der Waals surface area contributed by atoms with Crippen LogP contribution in [0.5, 0.6) is 17.2 Å². The van der Waals surface area contributed by atoms with E-state index >= 15 is 0 Å². The van der Waals surface area contributed by atoms with Gasteiger partial charge in [-0.05, 0) is 19.4 Å². The van der Waals surface area contributed by atoms with Gasteiger partial charge in [0.05, 0.1) is 26.4 Å². The normalized spacial score (nSPS) is 18.8. The Hall–Kier alpha value is -1.13. The highest BCUT2D eigenvalue weighted by Gasteiger charge is 2.27. The minimum atomic E-state index is 0.215. The fraction of sp³-hybridized carbons (Fsp3) is 0.538. The SMILES string of the molecule is COc1cc(OC)c(C2CCCN2)c(Cl)c1OC. The molecule has 1 aromatic rings. The van der Waals surface area contributed by atoms with Crippen molar-refractivity contribution in [1.29, 1.82) is 0 Å². The van der Waals surface area contributed by atoms with E-state index in [2.05, 4.69) is 5.32 Å². The Morgan fingerprint density at radius 1 is 1.17 bits per heavy atom. The molecule has 1 atom stereocenters. The zero-order chi connectivity index (χ0) is 13.1. The van der Waals surface area contributed by atoms with Crippen LogP contribution in [0.3, 0.4) is 0 Å². The Balaban J connectivity index is 2.54. The fourth-order valence-corrected chi connectivity index (χ4v) is 2.76. The number of ether oxygens (including phenoxy) is 3. The van der Waals surface area contributed by atoms with Crippen molar-refractivity contribution < 1.29 is 14.2 Å². The Bertz CT molecular complexity index is 431. The molecule has 1 fully saturated rings. The van der Waals surface area contributed by atoms with Gasteiger partial charge in [-0.15, -0.1) is 0 Å². The lowest BCUT2D eigenvalue weighted by Crippen LogP contribution is -2.15. The lowest BCUT2D eigenvalue weighted by Gasteiger charge is -2.20. The largest absolute Gasteiger partial charge is 0.496 e. The van der Waals surface area contributed by atoms with Crippen LogP contribution in [0.25, 0.3) is 0 Å². The molecule has 1 saturated heterocycles. The molecule has 4 nitrogen and oxygen atoms in total. The van der Waals surface area contributed by atoms with Crippen molar-refractivity contribution in [3.63, 3.8) is 0 Å². The highest BCUT2D eigenvalue weighted by atomic mass is 35.5.